The van der Waals surface area contributed by atoms with E-state index in [4.69, 9.17) is 9.44 Å². The van der Waals surface area contributed by atoms with Gasteiger partial charge in [-0.1, -0.05) is 6.07 Å². The highest BCUT2D eigenvalue weighted by molar-refractivity contribution is 7.94. The van der Waals surface area contributed by atoms with Crippen LogP contribution in [0.1, 0.15) is 11.1 Å². The van der Waals surface area contributed by atoms with Crippen molar-refractivity contribution in [1.29, 1.82) is 5.26 Å². The van der Waals surface area contributed by atoms with Gasteiger partial charge in [-0.15, -0.1) is 0 Å². The highest BCUT2D eigenvalue weighted by Gasteiger charge is 1.99. The Labute approximate surface area is 76.4 Å². The molecular weight excluding hydrogens is 170 g/mol. The third kappa shape index (κ3) is 2.00. The first-order valence-corrected chi connectivity index (χ1v) is 4.23. The summed E-state index contributed by atoms with van der Waals surface area (Å²) in [5.41, 5.74) is 1.79. The van der Waals surface area contributed by atoms with Gasteiger partial charge in [0.2, 0.25) is 0 Å². The van der Waals surface area contributed by atoms with Gasteiger partial charge in [0.05, 0.1) is 18.7 Å². The third-order valence-corrected chi connectivity index (χ3v) is 2.28. The summed E-state index contributed by atoms with van der Waals surface area (Å²) in [6, 6.07) is 7.62. The van der Waals surface area contributed by atoms with Crippen LogP contribution in [0.4, 0.5) is 0 Å². The molecule has 0 heterocycles. The summed E-state index contributed by atoms with van der Waals surface area (Å²) in [5.74, 6) is 0. The average molecular weight is 179 g/mol. The van der Waals surface area contributed by atoms with Crippen molar-refractivity contribution in [3.63, 3.8) is 0 Å². The molecule has 0 bridgehead atoms. The lowest BCUT2D eigenvalue weighted by Gasteiger charge is -2.02. The molecule has 0 radical (unpaired) electrons. The summed E-state index contributed by atoms with van der Waals surface area (Å²) < 4.78 is 4.92. The molecule has 0 atom stereocenters. The number of benzene rings is 1. The number of nitrogens with zero attached hydrogens (tertiary/aromatic N) is 1. The molecule has 0 unspecified atom stereocenters. The van der Waals surface area contributed by atoms with Crippen LogP contribution in [0.2, 0.25) is 0 Å². The van der Waals surface area contributed by atoms with Gasteiger partial charge in [-0.05, 0) is 24.6 Å². The Morgan fingerprint density at radius 1 is 1.50 bits per heavy atom. The molecule has 0 saturated heterocycles. The molecule has 1 rings (SSSR count). The minimum Gasteiger partial charge on any atom is -0.314 e. The van der Waals surface area contributed by atoms with Gasteiger partial charge in [-0.2, -0.15) is 5.26 Å². The minimum absolute atomic E-state index is 0.667. The second kappa shape index (κ2) is 4.15. The van der Waals surface area contributed by atoms with Gasteiger partial charge in [-0.25, -0.2) is 0 Å². The molecule has 0 aliphatic heterocycles. The largest absolute Gasteiger partial charge is 0.314 e. The van der Waals surface area contributed by atoms with Crippen molar-refractivity contribution in [2.24, 2.45) is 0 Å². The third-order valence-electron chi connectivity index (χ3n) is 1.49. The quantitative estimate of drug-likeness (QED) is 0.654. The summed E-state index contributed by atoms with van der Waals surface area (Å²) in [6.45, 7) is 1.99. The lowest BCUT2D eigenvalue weighted by atomic mass is 10.2. The summed E-state index contributed by atoms with van der Waals surface area (Å²) in [6.07, 6.45) is 0. The van der Waals surface area contributed by atoms with E-state index in [0.29, 0.717) is 5.56 Å². The molecule has 0 spiro atoms. The molecule has 0 aliphatic carbocycles. The minimum atomic E-state index is 0.667. The molecule has 1 aromatic rings. The lowest BCUT2D eigenvalue weighted by Crippen LogP contribution is -1.82. The van der Waals surface area contributed by atoms with Crippen LogP contribution in [-0.4, -0.2) is 7.11 Å². The van der Waals surface area contributed by atoms with E-state index < -0.39 is 0 Å². The molecule has 62 valence electrons. The zero-order chi connectivity index (χ0) is 8.97. The first-order valence-electron chi connectivity index (χ1n) is 3.49. The lowest BCUT2D eigenvalue weighted by molar-refractivity contribution is 0.489. The predicted molar refractivity (Wildman–Crippen MR) is 48.8 cm³/mol. The molecule has 1 aromatic carbocycles. The van der Waals surface area contributed by atoms with Crippen LogP contribution >= 0.6 is 12.0 Å². The van der Waals surface area contributed by atoms with E-state index in [-0.39, 0.29) is 0 Å². The van der Waals surface area contributed by atoms with Crippen molar-refractivity contribution in [1.82, 2.24) is 0 Å². The normalized spacial score (nSPS) is 9.42. The van der Waals surface area contributed by atoms with Gasteiger partial charge in [-0.3, -0.25) is 0 Å². The molecule has 12 heavy (non-hydrogen) atoms. The standard InChI is InChI=1S/C9H9NOS/c1-7-3-4-8(6-10)5-9(7)12-11-2/h3-5H,1-2H3. The average Bonchev–Trinajstić information content (AvgIpc) is 2.09. The van der Waals surface area contributed by atoms with Crippen LogP contribution in [0.3, 0.4) is 0 Å². The number of hydrogen-bond acceptors (Lipinski definition) is 3. The zero-order valence-electron chi connectivity index (χ0n) is 7.00. The number of nitriles is 1. The van der Waals surface area contributed by atoms with Gasteiger partial charge in [0.1, 0.15) is 0 Å². The summed E-state index contributed by atoms with van der Waals surface area (Å²) >= 11 is 1.28. The zero-order valence-corrected chi connectivity index (χ0v) is 7.81. The van der Waals surface area contributed by atoms with E-state index in [1.54, 1.807) is 13.2 Å². The SMILES string of the molecule is COSc1cc(C#N)ccc1C. The number of hydrogen-bond donors (Lipinski definition) is 0. The van der Waals surface area contributed by atoms with Crippen LogP contribution in [0.5, 0.6) is 0 Å². The molecule has 0 aromatic heterocycles. The van der Waals surface area contributed by atoms with E-state index in [0.717, 1.165) is 10.5 Å². The summed E-state index contributed by atoms with van der Waals surface area (Å²) in [5, 5.41) is 8.62. The van der Waals surface area contributed by atoms with E-state index in [2.05, 4.69) is 6.07 Å². The van der Waals surface area contributed by atoms with Crippen molar-refractivity contribution in [2.45, 2.75) is 11.8 Å². The Morgan fingerprint density at radius 3 is 2.83 bits per heavy atom. The van der Waals surface area contributed by atoms with E-state index in [1.165, 1.54) is 12.0 Å². The Balaban J connectivity index is 3.01. The Morgan fingerprint density at radius 2 is 2.25 bits per heavy atom. The van der Waals surface area contributed by atoms with Crippen molar-refractivity contribution < 1.29 is 4.18 Å². The maximum Gasteiger partial charge on any atom is 0.0992 e. The molecule has 0 fully saturated rings. The van der Waals surface area contributed by atoms with E-state index in [9.17, 15) is 0 Å². The monoisotopic (exact) mass is 179 g/mol. The van der Waals surface area contributed by atoms with Crippen LogP contribution in [0.25, 0.3) is 0 Å². The van der Waals surface area contributed by atoms with Crippen molar-refractivity contribution in [3.8, 4) is 6.07 Å². The van der Waals surface area contributed by atoms with Gasteiger partial charge in [0.25, 0.3) is 0 Å². The topological polar surface area (TPSA) is 33.0 Å². The van der Waals surface area contributed by atoms with Crippen molar-refractivity contribution >= 4 is 12.0 Å². The van der Waals surface area contributed by atoms with Gasteiger partial charge >= 0.3 is 0 Å². The Hall–Kier alpha value is -0.980. The summed E-state index contributed by atoms with van der Waals surface area (Å²) in [4.78, 5) is 0.997. The molecule has 3 heteroatoms. The number of aryl methyl sites for hydroxylation is 1. The smallest absolute Gasteiger partial charge is 0.0992 e. The molecule has 0 N–H and O–H groups in total. The summed E-state index contributed by atoms with van der Waals surface area (Å²) in [7, 11) is 1.61. The fourth-order valence-corrected chi connectivity index (χ4v) is 1.40. The van der Waals surface area contributed by atoms with E-state index >= 15 is 0 Å². The second-order valence-corrected chi connectivity index (χ2v) is 3.28. The first kappa shape index (κ1) is 9.11. The Kier molecular flexibility index (Phi) is 3.15. The van der Waals surface area contributed by atoms with Gasteiger partial charge < -0.3 is 4.18 Å². The maximum atomic E-state index is 8.62. The first-order chi connectivity index (χ1) is 5.77. The predicted octanol–water partition coefficient (Wildman–Crippen LogP) is 2.52. The fraction of sp³-hybridized carbons (Fsp3) is 0.222. The van der Waals surface area contributed by atoms with Gasteiger partial charge in [0, 0.05) is 16.9 Å². The highest BCUT2D eigenvalue weighted by Crippen LogP contribution is 2.23. The number of rotatable bonds is 2. The van der Waals surface area contributed by atoms with Crippen LogP contribution < -0.4 is 0 Å². The Bertz CT molecular complexity index is 317. The van der Waals surface area contributed by atoms with Crippen molar-refractivity contribution in [2.75, 3.05) is 7.11 Å². The molecule has 0 aliphatic rings. The fourth-order valence-electron chi connectivity index (χ4n) is 0.849. The molecule has 0 amide bonds. The van der Waals surface area contributed by atoms with Crippen molar-refractivity contribution in [3.05, 3.63) is 29.3 Å². The second-order valence-electron chi connectivity index (χ2n) is 2.34. The van der Waals surface area contributed by atoms with Crippen LogP contribution in [-0.2, 0) is 4.18 Å². The molecule has 2 nitrogen and oxygen atoms in total. The van der Waals surface area contributed by atoms with Crippen LogP contribution in [0, 0.1) is 18.3 Å². The molecule has 0 saturated carbocycles. The van der Waals surface area contributed by atoms with Crippen LogP contribution in [0.15, 0.2) is 23.1 Å². The maximum absolute atomic E-state index is 8.62. The van der Waals surface area contributed by atoms with Gasteiger partial charge in [0.15, 0.2) is 0 Å². The van der Waals surface area contributed by atoms with E-state index in [1.807, 2.05) is 19.1 Å². The molecular formula is C9H9NOS. The highest BCUT2D eigenvalue weighted by atomic mass is 32.2.